The van der Waals surface area contributed by atoms with Gasteiger partial charge in [-0.25, -0.2) is 9.59 Å². The van der Waals surface area contributed by atoms with Crippen molar-refractivity contribution in [2.24, 2.45) is 0 Å². The Morgan fingerprint density at radius 2 is 1.89 bits per heavy atom. The third kappa shape index (κ3) is 5.27. The second kappa shape index (κ2) is 7.10. The van der Waals surface area contributed by atoms with Crippen LogP contribution < -0.4 is 10.6 Å². The molecule has 2 unspecified atom stereocenters. The highest BCUT2D eigenvalue weighted by molar-refractivity contribution is 9.10. The summed E-state index contributed by atoms with van der Waals surface area (Å²) in [6, 6.07) is 5.36. The van der Waals surface area contributed by atoms with Crippen molar-refractivity contribution in [3.8, 4) is 0 Å². The zero-order chi connectivity index (χ0) is 14.4. The molecule has 0 aliphatic rings. The molecular weight excluding hydrogens is 316 g/mol. The van der Waals surface area contributed by atoms with Gasteiger partial charge in [0.05, 0.1) is 6.10 Å². The van der Waals surface area contributed by atoms with E-state index < -0.39 is 24.1 Å². The van der Waals surface area contributed by atoms with Crippen LogP contribution in [0.1, 0.15) is 12.5 Å². The minimum atomic E-state index is -1.33. The third-order valence-corrected chi connectivity index (χ3v) is 2.93. The number of nitrogens with one attached hydrogen (secondary N) is 2. The van der Waals surface area contributed by atoms with Crippen LogP contribution in [0.4, 0.5) is 4.79 Å². The summed E-state index contributed by atoms with van der Waals surface area (Å²) in [6.45, 7) is 1.57. The lowest BCUT2D eigenvalue weighted by molar-refractivity contribution is -0.141. The predicted molar refractivity (Wildman–Crippen MR) is 72.6 cm³/mol. The fourth-order valence-corrected chi connectivity index (χ4v) is 1.63. The highest BCUT2D eigenvalue weighted by atomic mass is 79.9. The Morgan fingerprint density at radius 3 is 2.37 bits per heavy atom. The van der Waals surface area contributed by atoms with E-state index in [2.05, 4.69) is 26.6 Å². The number of hydrogen-bond donors (Lipinski definition) is 4. The van der Waals surface area contributed by atoms with Gasteiger partial charge in [0.1, 0.15) is 0 Å². The van der Waals surface area contributed by atoms with Gasteiger partial charge in [-0.3, -0.25) is 0 Å². The second-order valence-corrected chi connectivity index (χ2v) is 4.93. The van der Waals surface area contributed by atoms with Gasteiger partial charge in [-0.05, 0) is 24.6 Å². The van der Waals surface area contributed by atoms with Gasteiger partial charge < -0.3 is 20.8 Å². The van der Waals surface area contributed by atoms with E-state index >= 15 is 0 Å². The van der Waals surface area contributed by atoms with Gasteiger partial charge in [-0.2, -0.15) is 0 Å². The fraction of sp³-hybridized carbons (Fsp3) is 0.333. The molecule has 7 heteroatoms. The number of benzene rings is 1. The van der Waals surface area contributed by atoms with E-state index in [1.54, 1.807) is 0 Å². The lowest BCUT2D eigenvalue weighted by Crippen LogP contribution is -2.50. The summed E-state index contributed by atoms with van der Waals surface area (Å²) in [5.74, 6) is -1.28. The van der Waals surface area contributed by atoms with Crippen molar-refractivity contribution in [2.75, 3.05) is 0 Å². The van der Waals surface area contributed by atoms with Crippen LogP contribution in [0.15, 0.2) is 28.7 Å². The molecule has 2 amide bonds. The van der Waals surface area contributed by atoms with E-state index in [0.717, 1.165) is 10.0 Å². The van der Waals surface area contributed by atoms with Crippen LogP contribution in [0.25, 0.3) is 0 Å². The van der Waals surface area contributed by atoms with Crippen LogP contribution >= 0.6 is 15.9 Å². The number of carboxylic acid groups (broad SMARTS) is 1. The van der Waals surface area contributed by atoms with Crippen molar-refractivity contribution in [3.05, 3.63) is 34.3 Å². The molecule has 0 saturated carbocycles. The second-order valence-electron chi connectivity index (χ2n) is 4.01. The monoisotopic (exact) mass is 330 g/mol. The highest BCUT2D eigenvalue weighted by Gasteiger charge is 2.24. The van der Waals surface area contributed by atoms with Crippen molar-refractivity contribution in [2.45, 2.75) is 25.6 Å². The SMILES string of the molecule is CC(O)C(NC(=O)NCc1ccc(Br)cc1)C(=O)O. The Labute approximate surface area is 118 Å². The van der Waals surface area contributed by atoms with Gasteiger partial charge in [0, 0.05) is 11.0 Å². The Bertz CT molecular complexity index is 448. The van der Waals surface area contributed by atoms with Crippen molar-refractivity contribution in [3.63, 3.8) is 0 Å². The number of urea groups is 1. The first-order valence-corrected chi connectivity index (χ1v) is 6.39. The minimum Gasteiger partial charge on any atom is -0.480 e. The zero-order valence-corrected chi connectivity index (χ0v) is 11.8. The molecule has 1 aromatic rings. The molecule has 0 spiro atoms. The Balaban J connectivity index is 2.47. The number of carboxylic acids is 1. The molecule has 0 fully saturated rings. The third-order valence-electron chi connectivity index (χ3n) is 2.40. The molecule has 0 aliphatic carbocycles. The maximum atomic E-state index is 11.5. The number of amides is 2. The van der Waals surface area contributed by atoms with Crippen LogP contribution in [-0.2, 0) is 11.3 Å². The standard InChI is InChI=1S/C12H15BrN2O4/c1-7(16)10(11(17)18)15-12(19)14-6-8-2-4-9(13)5-3-8/h2-5,7,10,16H,6H2,1H3,(H,17,18)(H2,14,15,19). The van der Waals surface area contributed by atoms with E-state index in [4.69, 9.17) is 5.11 Å². The van der Waals surface area contributed by atoms with Crippen molar-refractivity contribution in [1.82, 2.24) is 10.6 Å². The average Bonchev–Trinajstić information content (AvgIpc) is 2.34. The molecule has 0 saturated heterocycles. The Kier molecular flexibility index (Phi) is 5.78. The van der Waals surface area contributed by atoms with Crippen LogP contribution in [0.3, 0.4) is 0 Å². The number of carbonyl (C=O) groups is 2. The number of aliphatic hydroxyl groups excluding tert-OH is 1. The molecular formula is C12H15BrN2O4. The molecule has 0 bridgehead atoms. The highest BCUT2D eigenvalue weighted by Crippen LogP contribution is 2.10. The molecule has 0 aromatic heterocycles. The van der Waals surface area contributed by atoms with Gasteiger partial charge >= 0.3 is 12.0 Å². The quantitative estimate of drug-likeness (QED) is 0.649. The van der Waals surface area contributed by atoms with Gasteiger partial charge in [-0.15, -0.1) is 0 Å². The van der Waals surface area contributed by atoms with E-state index in [1.807, 2.05) is 24.3 Å². The summed E-state index contributed by atoms with van der Waals surface area (Å²) in [7, 11) is 0. The molecule has 1 aromatic carbocycles. The lowest BCUT2D eigenvalue weighted by Gasteiger charge is -2.17. The van der Waals surface area contributed by atoms with Gasteiger partial charge in [0.15, 0.2) is 6.04 Å². The first-order chi connectivity index (χ1) is 8.90. The zero-order valence-electron chi connectivity index (χ0n) is 10.3. The molecule has 2 atom stereocenters. The van der Waals surface area contributed by atoms with Gasteiger partial charge in [0.2, 0.25) is 0 Å². The van der Waals surface area contributed by atoms with Crippen LogP contribution in [-0.4, -0.2) is 34.4 Å². The summed E-state index contributed by atoms with van der Waals surface area (Å²) < 4.78 is 0.931. The van der Waals surface area contributed by atoms with Crippen LogP contribution in [0.2, 0.25) is 0 Å². The fourth-order valence-electron chi connectivity index (χ4n) is 1.37. The summed E-state index contributed by atoms with van der Waals surface area (Å²) in [4.78, 5) is 22.3. The van der Waals surface area contributed by atoms with Gasteiger partial charge in [0.25, 0.3) is 0 Å². The first kappa shape index (κ1) is 15.5. The lowest BCUT2D eigenvalue weighted by atomic mass is 10.2. The number of aliphatic carboxylic acids is 1. The van der Waals surface area contributed by atoms with Crippen LogP contribution in [0, 0.1) is 0 Å². The van der Waals surface area contributed by atoms with Crippen molar-refractivity contribution in [1.29, 1.82) is 0 Å². The Morgan fingerprint density at radius 1 is 1.32 bits per heavy atom. The first-order valence-electron chi connectivity index (χ1n) is 5.60. The topological polar surface area (TPSA) is 98.7 Å². The van der Waals surface area contributed by atoms with E-state index in [9.17, 15) is 14.7 Å². The summed E-state index contributed by atoms with van der Waals surface area (Å²) in [6.07, 6.45) is -1.17. The average molecular weight is 331 g/mol. The van der Waals surface area contributed by atoms with E-state index in [0.29, 0.717) is 0 Å². The molecule has 0 aliphatic heterocycles. The summed E-state index contributed by atoms with van der Waals surface area (Å²) in [5.41, 5.74) is 0.877. The molecule has 19 heavy (non-hydrogen) atoms. The summed E-state index contributed by atoms with van der Waals surface area (Å²) >= 11 is 3.30. The largest absolute Gasteiger partial charge is 0.480 e. The molecule has 0 heterocycles. The number of rotatable bonds is 5. The maximum absolute atomic E-state index is 11.5. The summed E-state index contributed by atoms with van der Waals surface area (Å²) in [5, 5.41) is 22.7. The van der Waals surface area contributed by atoms with Crippen molar-refractivity contribution >= 4 is 27.9 Å². The van der Waals surface area contributed by atoms with E-state index in [-0.39, 0.29) is 6.54 Å². The van der Waals surface area contributed by atoms with Gasteiger partial charge in [-0.1, -0.05) is 28.1 Å². The number of halogens is 1. The minimum absolute atomic E-state index is 0.269. The molecule has 4 N–H and O–H groups in total. The maximum Gasteiger partial charge on any atom is 0.328 e. The number of hydrogen-bond acceptors (Lipinski definition) is 3. The normalized spacial score (nSPS) is 13.4. The molecule has 1 rings (SSSR count). The van der Waals surface area contributed by atoms with Crippen LogP contribution in [0.5, 0.6) is 0 Å². The molecule has 6 nitrogen and oxygen atoms in total. The number of aliphatic hydroxyl groups is 1. The smallest absolute Gasteiger partial charge is 0.328 e. The van der Waals surface area contributed by atoms with Crippen molar-refractivity contribution < 1.29 is 19.8 Å². The Hall–Kier alpha value is -1.60. The molecule has 0 radical (unpaired) electrons. The molecule has 104 valence electrons. The van der Waals surface area contributed by atoms with E-state index in [1.165, 1.54) is 6.92 Å². The number of carbonyl (C=O) groups excluding carboxylic acids is 1. The predicted octanol–water partition coefficient (Wildman–Crippen LogP) is 1.08.